The first kappa shape index (κ1) is 11.0. The molecule has 0 atom stereocenters. The molecular formula is C11H21N. The molecule has 0 saturated carbocycles. The lowest BCUT2D eigenvalue weighted by Crippen LogP contribution is -2.03. The van der Waals surface area contributed by atoms with E-state index in [0.29, 0.717) is 0 Å². The third-order valence-electron chi connectivity index (χ3n) is 1.81. The Morgan fingerprint density at radius 3 is 2.50 bits per heavy atom. The van der Waals surface area contributed by atoms with Crippen LogP contribution >= 0.6 is 0 Å². The zero-order chi connectivity index (χ0) is 9.56. The highest BCUT2D eigenvalue weighted by Crippen LogP contribution is 2.20. The van der Waals surface area contributed by atoms with Crippen molar-refractivity contribution in [1.29, 1.82) is 0 Å². The fourth-order valence-electron chi connectivity index (χ4n) is 1.13. The molecule has 0 radical (unpaired) electrons. The lowest BCUT2D eigenvalue weighted by Gasteiger charge is -2.11. The fraction of sp³-hybridized carbons (Fsp3) is 0.455. The van der Waals surface area contributed by atoms with Gasteiger partial charge in [0.15, 0.2) is 0 Å². The predicted octanol–water partition coefficient (Wildman–Crippen LogP) is 3.40. The minimum Gasteiger partial charge on any atom is -0.399 e. The molecule has 0 amide bonds. The van der Waals surface area contributed by atoms with Crippen LogP contribution in [0.2, 0.25) is 0 Å². The van der Waals surface area contributed by atoms with E-state index in [0.717, 1.165) is 18.5 Å². The molecule has 2 N–H and O–H groups in total. The molecule has 1 heteroatoms. The Labute approximate surface area is 77.1 Å². The van der Waals surface area contributed by atoms with Crippen molar-refractivity contribution in [1.82, 2.24) is 0 Å². The number of hydrogen-bond acceptors (Lipinski definition) is 1. The molecule has 0 bridgehead atoms. The molecule has 0 unspecified atom stereocenters. The van der Waals surface area contributed by atoms with Gasteiger partial charge >= 0.3 is 0 Å². The summed E-state index contributed by atoms with van der Waals surface area (Å²) in [5.74, 6) is 0. The highest BCUT2D eigenvalue weighted by molar-refractivity contribution is 5.35. The van der Waals surface area contributed by atoms with E-state index in [1.54, 1.807) is 0 Å². The van der Waals surface area contributed by atoms with Gasteiger partial charge in [-0.2, -0.15) is 0 Å². The SMILES string of the molecule is C=CC1=C(N)C=C(C)CC1.CC.[HH]. The molecule has 0 saturated heterocycles. The highest BCUT2D eigenvalue weighted by Gasteiger charge is 2.04. The maximum Gasteiger partial charge on any atom is 0.0345 e. The van der Waals surface area contributed by atoms with Crippen LogP contribution in [0.15, 0.2) is 35.6 Å². The van der Waals surface area contributed by atoms with Crippen LogP contribution in [-0.2, 0) is 0 Å². The molecule has 0 heterocycles. The first-order valence-electron chi connectivity index (χ1n) is 4.52. The van der Waals surface area contributed by atoms with Gasteiger partial charge in [-0.3, -0.25) is 0 Å². The molecule has 0 aromatic carbocycles. The van der Waals surface area contributed by atoms with Crippen LogP contribution in [0.1, 0.15) is 35.0 Å². The van der Waals surface area contributed by atoms with Crippen molar-refractivity contribution in [3.8, 4) is 0 Å². The lowest BCUT2D eigenvalue weighted by molar-refractivity contribution is 0.905. The van der Waals surface area contributed by atoms with E-state index in [4.69, 9.17) is 5.73 Å². The van der Waals surface area contributed by atoms with Gasteiger partial charge in [0.05, 0.1) is 0 Å². The summed E-state index contributed by atoms with van der Waals surface area (Å²) in [5.41, 5.74) is 9.15. The Morgan fingerprint density at radius 1 is 1.50 bits per heavy atom. The van der Waals surface area contributed by atoms with Crippen LogP contribution in [0.4, 0.5) is 0 Å². The smallest absolute Gasteiger partial charge is 0.0345 e. The van der Waals surface area contributed by atoms with Crippen molar-refractivity contribution in [2.75, 3.05) is 0 Å². The molecule has 1 rings (SSSR count). The third-order valence-corrected chi connectivity index (χ3v) is 1.81. The maximum absolute atomic E-state index is 5.71. The van der Waals surface area contributed by atoms with Crippen molar-refractivity contribution < 1.29 is 1.43 Å². The summed E-state index contributed by atoms with van der Waals surface area (Å²) in [5, 5.41) is 0. The minimum absolute atomic E-state index is 0. The molecule has 0 spiro atoms. The van der Waals surface area contributed by atoms with Gasteiger partial charge in [0, 0.05) is 7.12 Å². The summed E-state index contributed by atoms with van der Waals surface area (Å²) in [7, 11) is 0. The van der Waals surface area contributed by atoms with E-state index in [1.807, 2.05) is 26.0 Å². The predicted molar refractivity (Wildman–Crippen MR) is 57.9 cm³/mol. The van der Waals surface area contributed by atoms with E-state index >= 15 is 0 Å². The summed E-state index contributed by atoms with van der Waals surface area (Å²) in [6.07, 6.45) is 6.05. The van der Waals surface area contributed by atoms with Crippen molar-refractivity contribution in [2.45, 2.75) is 33.6 Å². The first-order chi connectivity index (χ1) is 5.74. The van der Waals surface area contributed by atoms with Crippen LogP contribution in [0.5, 0.6) is 0 Å². The molecule has 1 aliphatic rings. The monoisotopic (exact) mass is 167 g/mol. The average Bonchev–Trinajstić information content (AvgIpc) is 2.08. The summed E-state index contributed by atoms with van der Waals surface area (Å²) >= 11 is 0. The summed E-state index contributed by atoms with van der Waals surface area (Å²) in [6.45, 7) is 9.80. The third kappa shape index (κ3) is 2.95. The van der Waals surface area contributed by atoms with Gasteiger partial charge in [-0.1, -0.05) is 32.1 Å². The molecule has 0 aromatic heterocycles. The fourth-order valence-corrected chi connectivity index (χ4v) is 1.13. The van der Waals surface area contributed by atoms with E-state index in [9.17, 15) is 0 Å². The van der Waals surface area contributed by atoms with Crippen molar-refractivity contribution in [3.05, 3.63) is 35.6 Å². The minimum atomic E-state index is 0. The number of hydrogen-bond donors (Lipinski definition) is 1. The van der Waals surface area contributed by atoms with Gasteiger partial charge in [-0.05, 0) is 31.4 Å². The van der Waals surface area contributed by atoms with Crippen molar-refractivity contribution >= 4 is 0 Å². The zero-order valence-corrected chi connectivity index (χ0v) is 8.35. The molecule has 1 nitrogen and oxygen atoms in total. The zero-order valence-electron chi connectivity index (χ0n) is 8.35. The Kier molecular flexibility index (Phi) is 5.18. The Balaban J connectivity index is 0. The number of allylic oxidation sites excluding steroid dienone is 4. The van der Waals surface area contributed by atoms with Crippen molar-refractivity contribution in [2.24, 2.45) is 5.73 Å². The quantitative estimate of drug-likeness (QED) is 0.636. The standard InChI is InChI=1S/C9H13N.C2H6.H2/c1-3-8-5-4-7(2)6-9(8)10;1-2;/h3,6H,1,4-5,10H2,2H3;1-2H3;1H. The second-order valence-corrected chi connectivity index (χ2v) is 2.68. The van der Waals surface area contributed by atoms with Crippen LogP contribution in [0.3, 0.4) is 0 Å². The number of rotatable bonds is 1. The van der Waals surface area contributed by atoms with E-state index in [-0.39, 0.29) is 1.43 Å². The van der Waals surface area contributed by atoms with E-state index < -0.39 is 0 Å². The maximum atomic E-state index is 5.71. The molecule has 12 heavy (non-hydrogen) atoms. The average molecular weight is 167 g/mol. The normalized spacial score (nSPS) is 16.1. The largest absolute Gasteiger partial charge is 0.399 e. The molecule has 0 fully saturated rings. The number of nitrogens with two attached hydrogens (primary N) is 1. The molecule has 70 valence electrons. The Morgan fingerprint density at radius 2 is 2.08 bits per heavy atom. The van der Waals surface area contributed by atoms with E-state index in [2.05, 4.69) is 13.5 Å². The molecule has 0 aliphatic heterocycles. The van der Waals surface area contributed by atoms with Gasteiger partial charge in [-0.25, -0.2) is 0 Å². The molecule has 1 aliphatic carbocycles. The molecule has 0 aromatic rings. The summed E-state index contributed by atoms with van der Waals surface area (Å²) < 4.78 is 0. The summed E-state index contributed by atoms with van der Waals surface area (Å²) in [6, 6.07) is 0. The topological polar surface area (TPSA) is 26.0 Å². The van der Waals surface area contributed by atoms with Gasteiger partial charge in [0.1, 0.15) is 0 Å². The van der Waals surface area contributed by atoms with E-state index in [1.165, 1.54) is 11.1 Å². The van der Waals surface area contributed by atoms with Gasteiger partial charge in [0.25, 0.3) is 0 Å². The van der Waals surface area contributed by atoms with Crippen LogP contribution in [0, 0.1) is 0 Å². The Hall–Kier alpha value is -0.980. The van der Waals surface area contributed by atoms with Crippen molar-refractivity contribution in [3.63, 3.8) is 0 Å². The van der Waals surface area contributed by atoms with Crippen LogP contribution in [0.25, 0.3) is 0 Å². The van der Waals surface area contributed by atoms with Gasteiger partial charge < -0.3 is 5.73 Å². The second-order valence-electron chi connectivity index (χ2n) is 2.68. The highest BCUT2D eigenvalue weighted by atomic mass is 14.6. The summed E-state index contributed by atoms with van der Waals surface area (Å²) in [4.78, 5) is 0. The second kappa shape index (κ2) is 5.64. The lowest BCUT2D eigenvalue weighted by atomic mass is 9.97. The van der Waals surface area contributed by atoms with Crippen LogP contribution < -0.4 is 5.73 Å². The van der Waals surface area contributed by atoms with Gasteiger partial charge in [0.2, 0.25) is 0 Å². The van der Waals surface area contributed by atoms with Gasteiger partial charge in [-0.15, -0.1) is 0 Å². The van der Waals surface area contributed by atoms with Crippen LogP contribution in [-0.4, -0.2) is 0 Å². The Bertz CT molecular complexity index is 214. The molecular weight excluding hydrogens is 146 g/mol. The first-order valence-corrected chi connectivity index (χ1v) is 4.52.